The molecule has 1 aliphatic rings. The largest absolute Gasteiger partial charge is 0.376 e. The second-order valence-corrected chi connectivity index (χ2v) is 9.95. The molecule has 2 aromatic rings. The van der Waals surface area contributed by atoms with E-state index in [1.807, 2.05) is 6.92 Å². The van der Waals surface area contributed by atoms with Crippen LogP contribution in [0.5, 0.6) is 0 Å². The number of hydrogen-bond acceptors (Lipinski definition) is 5. The molecule has 34 heavy (non-hydrogen) atoms. The average Bonchev–Trinajstić information content (AvgIpc) is 3.34. The van der Waals surface area contributed by atoms with Gasteiger partial charge in [0.1, 0.15) is 11.9 Å². The third-order valence-electron chi connectivity index (χ3n) is 5.65. The van der Waals surface area contributed by atoms with Crippen LogP contribution in [0.4, 0.5) is 10.1 Å². The minimum atomic E-state index is -3.94. The van der Waals surface area contributed by atoms with Crippen LogP contribution in [-0.4, -0.2) is 52.1 Å². The van der Waals surface area contributed by atoms with Crippen LogP contribution in [0.3, 0.4) is 0 Å². The lowest BCUT2D eigenvalue weighted by atomic mass is 10.1. The summed E-state index contributed by atoms with van der Waals surface area (Å²) in [7, 11) is -3.94. The molecule has 1 aliphatic heterocycles. The molecular formula is C24H30FN3O5S. The Morgan fingerprint density at radius 2 is 1.82 bits per heavy atom. The summed E-state index contributed by atoms with van der Waals surface area (Å²) in [6.45, 7) is 3.99. The van der Waals surface area contributed by atoms with E-state index in [-0.39, 0.29) is 17.4 Å². The SMILES string of the molecule is CCC(C(=O)NCC1CCCO1)N(C(=O)CNS(=O)(=O)c1ccc(C)cc1)c1ccc(F)cc1. The third-order valence-corrected chi connectivity index (χ3v) is 7.06. The van der Waals surface area contributed by atoms with Gasteiger partial charge < -0.3 is 10.1 Å². The molecule has 0 aromatic heterocycles. The Morgan fingerprint density at radius 3 is 2.41 bits per heavy atom. The minimum absolute atomic E-state index is 0.0283. The molecule has 1 fully saturated rings. The highest BCUT2D eigenvalue weighted by molar-refractivity contribution is 7.89. The molecule has 2 atom stereocenters. The van der Waals surface area contributed by atoms with Gasteiger partial charge in [0, 0.05) is 18.8 Å². The number of aryl methyl sites for hydroxylation is 1. The Bertz CT molecular complexity index is 1080. The fourth-order valence-corrected chi connectivity index (χ4v) is 4.74. The van der Waals surface area contributed by atoms with E-state index in [0.717, 1.165) is 18.4 Å². The van der Waals surface area contributed by atoms with Crippen molar-refractivity contribution in [2.45, 2.75) is 50.2 Å². The molecule has 2 unspecified atom stereocenters. The summed E-state index contributed by atoms with van der Waals surface area (Å²) >= 11 is 0. The van der Waals surface area contributed by atoms with E-state index in [2.05, 4.69) is 10.0 Å². The lowest BCUT2D eigenvalue weighted by Gasteiger charge is -2.31. The Morgan fingerprint density at radius 1 is 1.15 bits per heavy atom. The summed E-state index contributed by atoms with van der Waals surface area (Å²) in [5.41, 5.74) is 1.19. The predicted molar refractivity (Wildman–Crippen MR) is 126 cm³/mol. The normalized spacial score (nSPS) is 16.7. The van der Waals surface area contributed by atoms with Crippen LogP contribution in [0, 0.1) is 12.7 Å². The topological polar surface area (TPSA) is 105 Å². The molecule has 0 bridgehead atoms. The summed E-state index contributed by atoms with van der Waals surface area (Å²) in [4.78, 5) is 27.5. The van der Waals surface area contributed by atoms with E-state index in [1.54, 1.807) is 19.1 Å². The van der Waals surface area contributed by atoms with Gasteiger partial charge in [-0.3, -0.25) is 14.5 Å². The number of hydrogen-bond donors (Lipinski definition) is 2. The molecule has 2 amide bonds. The third kappa shape index (κ3) is 6.62. The number of halogens is 1. The van der Waals surface area contributed by atoms with Crippen molar-refractivity contribution in [3.05, 3.63) is 59.9 Å². The van der Waals surface area contributed by atoms with Crippen LogP contribution in [0.15, 0.2) is 53.4 Å². The van der Waals surface area contributed by atoms with Gasteiger partial charge in [0.25, 0.3) is 0 Å². The standard InChI is InChI=1S/C24H30FN3O5S/c1-3-22(24(30)26-15-20-5-4-14-33-20)28(19-10-8-18(25)9-11-19)23(29)16-27-34(31,32)21-12-6-17(2)7-13-21/h6-13,20,22,27H,3-5,14-16H2,1-2H3,(H,26,30). The van der Waals surface area contributed by atoms with Gasteiger partial charge in [0.15, 0.2) is 0 Å². The van der Waals surface area contributed by atoms with Crippen LogP contribution in [-0.2, 0) is 24.3 Å². The number of carbonyl (C=O) groups excluding carboxylic acids is 2. The van der Waals surface area contributed by atoms with Crippen molar-refractivity contribution in [1.29, 1.82) is 0 Å². The number of carbonyl (C=O) groups is 2. The van der Waals surface area contributed by atoms with Gasteiger partial charge >= 0.3 is 0 Å². The van der Waals surface area contributed by atoms with Crippen molar-refractivity contribution >= 4 is 27.5 Å². The van der Waals surface area contributed by atoms with E-state index < -0.39 is 40.2 Å². The number of rotatable bonds is 10. The molecule has 0 saturated carbocycles. The Kier molecular flexibility index (Phi) is 8.76. The lowest BCUT2D eigenvalue weighted by Crippen LogP contribution is -2.53. The number of sulfonamides is 1. The predicted octanol–water partition coefficient (Wildman–Crippen LogP) is 2.52. The van der Waals surface area contributed by atoms with Gasteiger partial charge in [-0.05, 0) is 62.6 Å². The van der Waals surface area contributed by atoms with Crippen molar-refractivity contribution in [2.24, 2.45) is 0 Å². The average molecular weight is 492 g/mol. The zero-order valence-electron chi connectivity index (χ0n) is 19.3. The van der Waals surface area contributed by atoms with Gasteiger partial charge in [-0.25, -0.2) is 17.5 Å². The molecule has 2 aromatic carbocycles. The fraction of sp³-hybridized carbons (Fsp3) is 0.417. The van der Waals surface area contributed by atoms with Gasteiger partial charge in [-0.2, -0.15) is 0 Å². The summed E-state index contributed by atoms with van der Waals surface area (Å²) in [6, 6.07) is 10.4. The van der Waals surface area contributed by atoms with Crippen LogP contribution < -0.4 is 14.9 Å². The number of benzene rings is 2. The highest BCUT2D eigenvalue weighted by Crippen LogP contribution is 2.21. The molecular weight excluding hydrogens is 461 g/mol. The van der Waals surface area contributed by atoms with Gasteiger partial charge in [0.05, 0.1) is 17.5 Å². The number of ether oxygens (including phenoxy) is 1. The maximum atomic E-state index is 13.5. The summed E-state index contributed by atoms with van der Waals surface area (Å²) < 4.78 is 46.7. The molecule has 0 aliphatic carbocycles. The lowest BCUT2D eigenvalue weighted by molar-refractivity contribution is -0.126. The highest BCUT2D eigenvalue weighted by atomic mass is 32.2. The Balaban J connectivity index is 1.78. The summed E-state index contributed by atoms with van der Waals surface area (Å²) in [5.74, 6) is -1.52. The molecule has 1 heterocycles. The van der Waals surface area contributed by atoms with Crippen LogP contribution in [0.2, 0.25) is 0 Å². The molecule has 3 rings (SSSR count). The maximum absolute atomic E-state index is 13.5. The van der Waals surface area contributed by atoms with Crippen LogP contribution >= 0.6 is 0 Å². The first kappa shape index (κ1) is 25.8. The molecule has 8 nitrogen and oxygen atoms in total. The van der Waals surface area contributed by atoms with Crippen molar-refractivity contribution in [3.63, 3.8) is 0 Å². The maximum Gasteiger partial charge on any atom is 0.243 e. The fourth-order valence-electron chi connectivity index (χ4n) is 3.76. The first-order chi connectivity index (χ1) is 16.2. The number of nitrogens with zero attached hydrogens (tertiary/aromatic N) is 1. The van der Waals surface area contributed by atoms with Gasteiger partial charge in [-0.1, -0.05) is 24.6 Å². The van der Waals surface area contributed by atoms with Gasteiger partial charge in [-0.15, -0.1) is 0 Å². The summed E-state index contributed by atoms with van der Waals surface area (Å²) in [5, 5.41) is 2.83. The Hall–Kier alpha value is -2.82. The van der Waals surface area contributed by atoms with E-state index in [1.165, 1.54) is 41.3 Å². The number of anilines is 1. The van der Waals surface area contributed by atoms with Crippen molar-refractivity contribution < 1.29 is 27.1 Å². The quantitative estimate of drug-likeness (QED) is 0.532. The van der Waals surface area contributed by atoms with Crippen molar-refractivity contribution in [3.8, 4) is 0 Å². The zero-order chi connectivity index (χ0) is 24.7. The first-order valence-electron chi connectivity index (χ1n) is 11.2. The highest BCUT2D eigenvalue weighted by Gasteiger charge is 2.31. The van der Waals surface area contributed by atoms with E-state index in [4.69, 9.17) is 4.74 Å². The molecule has 184 valence electrons. The monoisotopic (exact) mass is 491 g/mol. The molecule has 0 spiro atoms. The zero-order valence-corrected chi connectivity index (χ0v) is 20.1. The molecule has 10 heteroatoms. The van der Waals surface area contributed by atoms with E-state index in [9.17, 15) is 22.4 Å². The number of amides is 2. The van der Waals surface area contributed by atoms with Gasteiger partial charge in [0.2, 0.25) is 21.8 Å². The number of nitrogens with one attached hydrogen (secondary N) is 2. The second-order valence-electron chi connectivity index (χ2n) is 8.18. The van der Waals surface area contributed by atoms with Crippen molar-refractivity contribution in [2.75, 3.05) is 24.6 Å². The van der Waals surface area contributed by atoms with Crippen LogP contribution in [0.25, 0.3) is 0 Å². The minimum Gasteiger partial charge on any atom is -0.376 e. The van der Waals surface area contributed by atoms with E-state index >= 15 is 0 Å². The molecule has 1 saturated heterocycles. The van der Waals surface area contributed by atoms with E-state index in [0.29, 0.717) is 18.8 Å². The Labute approximate surface area is 199 Å². The second kappa shape index (κ2) is 11.5. The molecule has 2 N–H and O–H groups in total. The van der Waals surface area contributed by atoms with Crippen LogP contribution in [0.1, 0.15) is 31.7 Å². The first-order valence-corrected chi connectivity index (χ1v) is 12.7. The summed E-state index contributed by atoms with van der Waals surface area (Å²) in [6.07, 6.45) is 1.97. The van der Waals surface area contributed by atoms with Crippen molar-refractivity contribution in [1.82, 2.24) is 10.0 Å². The smallest absolute Gasteiger partial charge is 0.243 e. The molecule has 0 radical (unpaired) electrons.